The molecule has 1 rings (SSSR count). The minimum absolute atomic E-state index is 0.0566. The van der Waals surface area contributed by atoms with E-state index in [4.69, 9.17) is 0 Å². The molecule has 0 saturated heterocycles. The van der Waals surface area contributed by atoms with Crippen LogP contribution in [0.15, 0.2) is 18.2 Å². The lowest BCUT2D eigenvalue weighted by atomic mass is 10.2. The second-order valence-corrected chi connectivity index (χ2v) is 5.34. The monoisotopic (exact) mass is 350 g/mol. The molecule has 0 spiro atoms. The molecule has 3 nitrogen and oxygen atoms in total. The van der Waals surface area contributed by atoms with Gasteiger partial charge in [-0.1, -0.05) is 13.8 Å². The molecule has 0 fully saturated rings. The number of amides is 1. The van der Waals surface area contributed by atoms with Gasteiger partial charge < -0.3 is 10.6 Å². The van der Waals surface area contributed by atoms with Gasteiger partial charge in [-0.3, -0.25) is 4.79 Å². The molecule has 0 saturated carbocycles. The Morgan fingerprint density at radius 2 is 2.18 bits per heavy atom. The second kappa shape index (κ2) is 6.78. The first kappa shape index (κ1) is 14.2. The Morgan fingerprint density at radius 1 is 1.47 bits per heavy atom. The number of nitrogens with one attached hydrogen (secondary N) is 2. The maximum atomic E-state index is 12.8. The summed E-state index contributed by atoms with van der Waals surface area (Å²) >= 11 is 2.03. The Hall–Kier alpha value is -0.850. The molecule has 0 aliphatic carbocycles. The average Bonchev–Trinajstić information content (AvgIpc) is 2.25. The van der Waals surface area contributed by atoms with Crippen molar-refractivity contribution in [3.05, 3.63) is 27.6 Å². The maximum absolute atomic E-state index is 12.8. The van der Waals surface area contributed by atoms with Gasteiger partial charge in [0.05, 0.1) is 6.54 Å². The lowest BCUT2D eigenvalue weighted by Gasteiger charge is -2.10. The van der Waals surface area contributed by atoms with Crippen LogP contribution in [-0.2, 0) is 4.79 Å². The molecular formula is C12H16FIN2O. The number of halogens is 2. The summed E-state index contributed by atoms with van der Waals surface area (Å²) in [6.45, 7) is 4.95. The van der Waals surface area contributed by atoms with Gasteiger partial charge >= 0.3 is 0 Å². The van der Waals surface area contributed by atoms with E-state index in [-0.39, 0.29) is 18.3 Å². The Labute approximate surface area is 114 Å². The largest absolute Gasteiger partial charge is 0.375 e. The molecule has 17 heavy (non-hydrogen) atoms. The van der Waals surface area contributed by atoms with Gasteiger partial charge in [-0.05, 0) is 46.7 Å². The van der Waals surface area contributed by atoms with Crippen LogP contribution < -0.4 is 10.6 Å². The summed E-state index contributed by atoms with van der Waals surface area (Å²) in [5.74, 6) is 0.105. The molecule has 2 N–H and O–H groups in total. The third-order valence-electron chi connectivity index (χ3n) is 2.08. The normalized spacial score (nSPS) is 10.4. The summed E-state index contributed by atoms with van der Waals surface area (Å²) in [4.78, 5) is 11.4. The number of rotatable bonds is 5. The number of carbonyl (C=O) groups is 1. The zero-order valence-corrected chi connectivity index (χ0v) is 12.0. The smallest absolute Gasteiger partial charge is 0.239 e. The molecule has 1 amide bonds. The van der Waals surface area contributed by atoms with Crippen molar-refractivity contribution >= 4 is 34.2 Å². The molecule has 0 aliphatic rings. The standard InChI is InChI=1S/C12H16FIN2O/c1-8(2)6-16-12(17)7-15-11-4-3-9(13)5-10(11)14/h3-5,8,15H,6-7H2,1-2H3,(H,16,17). The van der Waals surface area contributed by atoms with E-state index in [1.807, 2.05) is 36.4 Å². The van der Waals surface area contributed by atoms with Crippen molar-refractivity contribution in [1.82, 2.24) is 5.32 Å². The van der Waals surface area contributed by atoms with Crippen molar-refractivity contribution in [2.24, 2.45) is 5.92 Å². The minimum atomic E-state index is -0.274. The number of benzene rings is 1. The van der Waals surface area contributed by atoms with Crippen molar-refractivity contribution in [1.29, 1.82) is 0 Å². The van der Waals surface area contributed by atoms with Crippen molar-refractivity contribution in [3.8, 4) is 0 Å². The van der Waals surface area contributed by atoms with E-state index in [9.17, 15) is 9.18 Å². The van der Waals surface area contributed by atoms with Gasteiger partial charge in [0.25, 0.3) is 0 Å². The summed E-state index contributed by atoms with van der Waals surface area (Å²) < 4.78 is 13.6. The first-order valence-corrected chi connectivity index (χ1v) is 6.52. The van der Waals surface area contributed by atoms with Gasteiger partial charge in [0, 0.05) is 15.8 Å². The Kier molecular flexibility index (Phi) is 5.67. The number of carbonyl (C=O) groups excluding carboxylic acids is 1. The third kappa shape index (κ3) is 5.34. The average molecular weight is 350 g/mol. The molecule has 0 aliphatic heterocycles. The zero-order chi connectivity index (χ0) is 12.8. The molecule has 0 heterocycles. The summed E-state index contributed by atoms with van der Waals surface area (Å²) in [6, 6.07) is 4.43. The van der Waals surface area contributed by atoms with Crippen LogP contribution in [0.1, 0.15) is 13.8 Å². The summed E-state index contributed by atoms with van der Waals surface area (Å²) in [5, 5.41) is 5.78. The van der Waals surface area contributed by atoms with Gasteiger partial charge in [0.2, 0.25) is 5.91 Å². The molecule has 0 aromatic heterocycles. The summed E-state index contributed by atoms with van der Waals surface area (Å²) in [5.41, 5.74) is 0.770. The van der Waals surface area contributed by atoms with Crippen molar-refractivity contribution < 1.29 is 9.18 Å². The fourth-order valence-electron chi connectivity index (χ4n) is 1.19. The van der Waals surface area contributed by atoms with E-state index >= 15 is 0 Å². The highest BCUT2D eigenvalue weighted by Crippen LogP contribution is 2.18. The van der Waals surface area contributed by atoms with Gasteiger partial charge in [-0.15, -0.1) is 0 Å². The molecule has 0 atom stereocenters. The van der Waals surface area contributed by atoms with Gasteiger partial charge in [0.1, 0.15) is 5.82 Å². The molecule has 0 unspecified atom stereocenters. The van der Waals surface area contributed by atoms with Gasteiger partial charge in [-0.25, -0.2) is 4.39 Å². The number of hydrogen-bond acceptors (Lipinski definition) is 2. The number of hydrogen-bond donors (Lipinski definition) is 2. The van der Waals surface area contributed by atoms with Crippen LogP contribution in [0.5, 0.6) is 0 Å². The maximum Gasteiger partial charge on any atom is 0.239 e. The molecule has 94 valence electrons. The van der Waals surface area contributed by atoms with E-state index in [1.165, 1.54) is 12.1 Å². The fraction of sp³-hybridized carbons (Fsp3) is 0.417. The molecule has 1 aromatic carbocycles. The van der Waals surface area contributed by atoms with Gasteiger partial charge in [-0.2, -0.15) is 0 Å². The van der Waals surface area contributed by atoms with E-state index in [0.29, 0.717) is 12.5 Å². The molecular weight excluding hydrogens is 334 g/mol. The highest BCUT2D eigenvalue weighted by molar-refractivity contribution is 14.1. The van der Waals surface area contributed by atoms with Crippen LogP contribution >= 0.6 is 22.6 Å². The van der Waals surface area contributed by atoms with E-state index in [1.54, 1.807) is 6.07 Å². The number of anilines is 1. The van der Waals surface area contributed by atoms with Crippen LogP contribution in [0.3, 0.4) is 0 Å². The van der Waals surface area contributed by atoms with Crippen LogP contribution in [-0.4, -0.2) is 19.0 Å². The van der Waals surface area contributed by atoms with Crippen LogP contribution in [0, 0.1) is 15.3 Å². The highest BCUT2D eigenvalue weighted by atomic mass is 127. The summed E-state index contributed by atoms with van der Waals surface area (Å²) in [7, 11) is 0. The Balaban J connectivity index is 2.42. The predicted octanol–water partition coefficient (Wildman–Crippen LogP) is 2.61. The first-order chi connectivity index (χ1) is 7.99. The van der Waals surface area contributed by atoms with Gasteiger partial charge in [0.15, 0.2) is 0 Å². The lowest BCUT2D eigenvalue weighted by Crippen LogP contribution is -2.32. The van der Waals surface area contributed by atoms with Crippen molar-refractivity contribution in [2.75, 3.05) is 18.4 Å². The van der Waals surface area contributed by atoms with E-state index < -0.39 is 0 Å². The molecule has 0 radical (unpaired) electrons. The van der Waals surface area contributed by atoms with Crippen LogP contribution in [0.4, 0.5) is 10.1 Å². The lowest BCUT2D eigenvalue weighted by molar-refractivity contribution is -0.119. The first-order valence-electron chi connectivity index (χ1n) is 5.44. The topological polar surface area (TPSA) is 41.1 Å². The SMILES string of the molecule is CC(C)CNC(=O)CNc1ccc(F)cc1I. The Bertz CT molecular complexity index is 396. The molecule has 1 aromatic rings. The molecule has 5 heteroatoms. The van der Waals surface area contributed by atoms with E-state index in [2.05, 4.69) is 10.6 Å². The van der Waals surface area contributed by atoms with Crippen molar-refractivity contribution in [2.45, 2.75) is 13.8 Å². The highest BCUT2D eigenvalue weighted by Gasteiger charge is 2.04. The predicted molar refractivity (Wildman–Crippen MR) is 75.5 cm³/mol. The quantitative estimate of drug-likeness (QED) is 0.802. The minimum Gasteiger partial charge on any atom is -0.375 e. The van der Waals surface area contributed by atoms with Crippen molar-refractivity contribution in [3.63, 3.8) is 0 Å². The van der Waals surface area contributed by atoms with Crippen LogP contribution in [0.2, 0.25) is 0 Å². The van der Waals surface area contributed by atoms with E-state index in [0.717, 1.165) is 9.26 Å². The zero-order valence-electron chi connectivity index (χ0n) is 9.89. The molecule has 0 bridgehead atoms. The fourth-order valence-corrected chi connectivity index (χ4v) is 1.86. The third-order valence-corrected chi connectivity index (χ3v) is 2.97. The summed E-state index contributed by atoms with van der Waals surface area (Å²) in [6.07, 6.45) is 0. The Morgan fingerprint density at radius 3 is 2.76 bits per heavy atom. The second-order valence-electron chi connectivity index (χ2n) is 4.18. The van der Waals surface area contributed by atoms with Crippen LogP contribution in [0.25, 0.3) is 0 Å².